The van der Waals surface area contributed by atoms with Gasteiger partial charge in [0.25, 0.3) is 0 Å². The van der Waals surface area contributed by atoms with Gasteiger partial charge in [0, 0.05) is 12.3 Å². The first-order valence-corrected chi connectivity index (χ1v) is 6.01. The van der Waals surface area contributed by atoms with Crippen molar-refractivity contribution in [2.75, 3.05) is 11.1 Å². The van der Waals surface area contributed by atoms with Crippen LogP contribution in [-0.4, -0.2) is 24.9 Å². The van der Waals surface area contributed by atoms with Crippen molar-refractivity contribution in [3.8, 4) is 11.5 Å². The minimum absolute atomic E-state index is 0.0394. The van der Waals surface area contributed by atoms with Crippen molar-refractivity contribution in [2.45, 2.75) is 0 Å². The fourth-order valence-corrected chi connectivity index (χ4v) is 1.67. The van der Waals surface area contributed by atoms with Gasteiger partial charge >= 0.3 is 0 Å². The molecule has 0 saturated carbocycles. The Labute approximate surface area is 119 Å². The van der Waals surface area contributed by atoms with E-state index in [0.717, 1.165) is 6.20 Å². The summed E-state index contributed by atoms with van der Waals surface area (Å²) in [5.41, 5.74) is 6.63. The van der Waals surface area contributed by atoms with Crippen LogP contribution in [0, 0.1) is 5.82 Å². The summed E-state index contributed by atoms with van der Waals surface area (Å²) in [4.78, 5) is 20.1. The van der Waals surface area contributed by atoms with E-state index in [1.54, 1.807) is 18.3 Å². The normalized spacial score (nSPS) is 10.3. The van der Waals surface area contributed by atoms with Gasteiger partial charge in [0.2, 0.25) is 11.9 Å². The third-order valence-corrected chi connectivity index (χ3v) is 2.51. The quantitative estimate of drug-likeness (QED) is 0.755. The third-order valence-electron chi connectivity index (χ3n) is 2.51. The van der Waals surface area contributed by atoms with Crippen LogP contribution < -0.4 is 11.1 Å². The lowest BCUT2D eigenvalue weighted by atomic mass is 10.3. The summed E-state index contributed by atoms with van der Waals surface area (Å²) in [5, 5.41) is 2.82. The standard InChI is InChI=1S/C13H10FN7/c14-8-5-9(7-16-6-8)18-13-20-11(19-12(15)21-13)10-3-1-2-4-17-10/h1-7H,(H3,15,18,19,20,21). The molecule has 0 aliphatic heterocycles. The third kappa shape index (κ3) is 3.06. The number of hydrogen-bond acceptors (Lipinski definition) is 7. The van der Waals surface area contributed by atoms with Crippen molar-refractivity contribution in [1.29, 1.82) is 0 Å². The molecule has 0 aliphatic rings. The van der Waals surface area contributed by atoms with E-state index >= 15 is 0 Å². The van der Waals surface area contributed by atoms with Crippen LogP contribution >= 0.6 is 0 Å². The molecule has 0 unspecified atom stereocenters. The van der Waals surface area contributed by atoms with Gasteiger partial charge in [0.1, 0.15) is 11.5 Å². The number of halogens is 1. The molecule has 0 aromatic carbocycles. The Hall–Kier alpha value is -3.16. The molecule has 0 bridgehead atoms. The fourth-order valence-electron chi connectivity index (χ4n) is 1.67. The second kappa shape index (κ2) is 5.45. The zero-order valence-corrected chi connectivity index (χ0v) is 10.7. The van der Waals surface area contributed by atoms with Gasteiger partial charge in [-0.3, -0.25) is 9.97 Å². The number of rotatable bonds is 3. The van der Waals surface area contributed by atoms with E-state index in [9.17, 15) is 4.39 Å². The van der Waals surface area contributed by atoms with Crippen LogP contribution in [0.15, 0.2) is 42.9 Å². The first kappa shape index (κ1) is 12.9. The molecule has 0 fully saturated rings. The van der Waals surface area contributed by atoms with E-state index in [-0.39, 0.29) is 11.9 Å². The van der Waals surface area contributed by atoms with Crippen LogP contribution in [-0.2, 0) is 0 Å². The van der Waals surface area contributed by atoms with E-state index < -0.39 is 5.82 Å². The maximum Gasteiger partial charge on any atom is 0.232 e. The lowest BCUT2D eigenvalue weighted by molar-refractivity contribution is 0.622. The van der Waals surface area contributed by atoms with Crippen LogP contribution in [0.3, 0.4) is 0 Å². The summed E-state index contributed by atoms with van der Waals surface area (Å²) in [5.74, 6) is 0.0926. The second-order valence-corrected chi connectivity index (χ2v) is 4.07. The summed E-state index contributed by atoms with van der Waals surface area (Å²) < 4.78 is 13.1. The van der Waals surface area contributed by atoms with E-state index in [0.29, 0.717) is 17.2 Å². The topological polar surface area (TPSA) is 102 Å². The van der Waals surface area contributed by atoms with Crippen molar-refractivity contribution in [3.05, 3.63) is 48.7 Å². The lowest BCUT2D eigenvalue weighted by Gasteiger charge is -2.06. The molecular formula is C13H10FN7. The van der Waals surface area contributed by atoms with E-state index in [1.807, 2.05) is 6.07 Å². The molecule has 3 N–H and O–H groups in total. The highest BCUT2D eigenvalue weighted by Gasteiger charge is 2.08. The molecule has 7 nitrogen and oxygen atoms in total. The molecule has 0 amide bonds. The molecule has 0 aliphatic carbocycles. The zero-order valence-electron chi connectivity index (χ0n) is 10.7. The Morgan fingerprint density at radius 1 is 1.10 bits per heavy atom. The number of anilines is 3. The molecule has 104 valence electrons. The number of pyridine rings is 2. The van der Waals surface area contributed by atoms with Crippen molar-refractivity contribution >= 4 is 17.6 Å². The first-order valence-electron chi connectivity index (χ1n) is 6.01. The van der Waals surface area contributed by atoms with Crippen LogP contribution in [0.1, 0.15) is 0 Å². The van der Waals surface area contributed by atoms with Gasteiger partial charge in [0.15, 0.2) is 5.82 Å². The van der Waals surface area contributed by atoms with Crippen molar-refractivity contribution < 1.29 is 4.39 Å². The lowest BCUT2D eigenvalue weighted by Crippen LogP contribution is -2.05. The number of nitrogens with one attached hydrogen (secondary N) is 1. The van der Waals surface area contributed by atoms with Crippen LogP contribution in [0.2, 0.25) is 0 Å². The Kier molecular flexibility index (Phi) is 3.34. The maximum atomic E-state index is 13.1. The Morgan fingerprint density at radius 3 is 2.76 bits per heavy atom. The predicted octanol–water partition coefficient (Wildman–Crippen LogP) is 1.79. The molecule has 0 atom stereocenters. The molecular weight excluding hydrogens is 273 g/mol. The minimum Gasteiger partial charge on any atom is -0.368 e. The van der Waals surface area contributed by atoms with Crippen LogP contribution in [0.25, 0.3) is 11.5 Å². The van der Waals surface area contributed by atoms with Crippen LogP contribution in [0.5, 0.6) is 0 Å². The average Bonchev–Trinajstić information content (AvgIpc) is 2.47. The largest absolute Gasteiger partial charge is 0.368 e. The highest BCUT2D eigenvalue weighted by atomic mass is 19.1. The first-order chi connectivity index (χ1) is 10.2. The molecule has 0 radical (unpaired) electrons. The van der Waals surface area contributed by atoms with Crippen molar-refractivity contribution in [1.82, 2.24) is 24.9 Å². The molecule has 8 heteroatoms. The number of nitrogens with zero attached hydrogens (tertiary/aromatic N) is 5. The van der Waals surface area contributed by atoms with Crippen molar-refractivity contribution in [3.63, 3.8) is 0 Å². The van der Waals surface area contributed by atoms with Gasteiger partial charge < -0.3 is 11.1 Å². The maximum absolute atomic E-state index is 13.1. The Bertz CT molecular complexity index is 763. The smallest absolute Gasteiger partial charge is 0.232 e. The Morgan fingerprint density at radius 2 is 2.00 bits per heavy atom. The van der Waals surface area contributed by atoms with E-state index in [2.05, 4.69) is 30.2 Å². The molecule has 3 aromatic rings. The van der Waals surface area contributed by atoms with Gasteiger partial charge in [-0.1, -0.05) is 6.07 Å². The van der Waals surface area contributed by atoms with Gasteiger partial charge in [-0.05, 0) is 12.1 Å². The average molecular weight is 283 g/mol. The summed E-state index contributed by atoms with van der Waals surface area (Å²) in [6.45, 7) is 0. The Balaban J connectivity index is 1.95. The zero-order chi connectivity index (χ0) is 14.7. The second-order valence-electron chi connectivity index (χ2n) is 4.07. The van der Waals surface area contributed by atoms with Gasteiger partial charge in [0.05, 0.1) is 18.1 Å². The number of nitrogens with two attached hydrogens (primary N) is 1. The summed E-state index contributed by atoms with van der Waals surface area (Å²) >= 11 is 0. The van der Waals surface area contributed by atoms with Crippen molar-refractivity contribution in [2.24, 2.45) is 0 Å². The van der Waals surface area contributed by atoms with Gasteiger partial charge in [-0.25, -0.2) is 4.39 Å². The SMILES string of the molecule is Nc1nc(Nc2cncc(F)c2)nc(-c2ccccn2)n1. The van der Waals surface area contributed by atoms with E-state index in [1.165, 1.54) is 12.3 Å². The van der Waals surface area contributed by atoms with Gasteiger partial charge in [-0.15, -0.1) is 0 Å². The van der Waals surface area contributed by atoms with Crippen LogP contribution in [0.4, 0.5) is 22.0 Å². The molecule has 3 aromatic heterocycles. The highest BCUT2D eigenvalue weighted by Crippen LogP contribution is 2.17. The molecule has 3 rings (SSSR count). The summed E-state index contributed by atoms with van der Waals surface area (Å²) in [7, 11) is 0. The molecule has 21 heavy (non-hydrogen) atoms. The molecule has 0 saturated heterocycles. The van der Waals surface area contributed by atoms with Gasteiger partial charge in [-0.2, -0.15) is 15.0 Å². The molecule has 0 spiro atoms. The number of hydrogen-bond donors (Lipinski definition) is 2. The summed E-state index contributed by atoms with van der Waals surface area (Å²) in [6.07, 6.45) is 4.18. The minimum atomic E-state index is -0.466. The summed E-state index contributed by atoms with van der Waals surface area (Å²) in [6, 6.07) is 6.62. The van der Waals surface area contributed by atoms with E-state index in [4.69, 9.17) is 5.73 Å². The monoisotopic (exact) mass is 283 g/mol. The predicted molar refractivity (Wildman–Crippen MR) is 74.9 cm³/mol. The highest BCUT2D eigenvalue weighted by molar-refractivity contribution is 5.57. The number of nitrogen functional groups attached to an aromatic ring is 1. The fraction of sp³-hybridized carbons (Fsp3) is 0. The number of aromatic nitrogens is 5. The molecule has 3 heterocycles.